The molecule has 0 atom stereocenters. The summed E-state index contributed by atoms with van der Waals surface area (Å²) in [6, 6.07) is 0. The van der Waals surface area contributed by atoms with Gasteiger partial charge in [0, 0.05) is 21.5 Å². The molecule has 0 aliphatic rings. The third-order valence-corrected chi connectivity index (χ3v) is 7.64. The number of hydrogen-bond donors (Lipinski definition) is 0. The lowest BCUT2D eigenvalue weighted by Crippen LogP contribution is -1.94. The van der Waals surface area contributed by atoms with E-state index in [1.165, 1.54) is 0 Å². The lowest BCUT2D eigenvalue weighted by atomic mass is 9.92. The van der Waals surface area contributed by atoms with E-state index in [0.717, 1.165) is 11.1 Å². The van der Waals surface area contributed by atoms with Gasteiger partial charge in [-0.1, -0.05) is 92.8 Å². The van der Waals surface area contributed by atoms with E-state index in [1.807, 2.05) is 13.8 Å². The minimum atomic E-state index is 0.181. The molecule has 0 heterocycles. The van der Waals surface area contributed by atoms with E-state index in [2.05, 4.69) is 0 Å². The molecular weight excluding hydrogens is 476 g/mol. The van der Waals surface area contributed by atoms with Crippen LogP contribution in [0, 0.1) is 13.8 Å². The maximum atomic E-state index is 6.43. The van der Waals surface area contributed by atoms with Crippen molar-refractivity contribution in [2.75, 3.05) is 0 Å². The van der Waals surface area contributed by atoms with Crippen molar-refractivity contribution in [2.45, 2.75) is 13.8 Å². The molecule has 8 heteroatoms. The summed E-state index contributed by atoms with van der Waals surface area (Å²) in [5.41, 5.74) is 1.48. The van der Waals surface area contributed by atoms with E-state index < -0.39 is 0 Å². The van der Waals surface area contributed by atoms with Crippen LogP contribution in [0.5, 0.6) is 0 Å². The van der Waals surface area contributed by atoms with Crippen LogP contribution in [0.3, 0.4) is 0 Å². The molecule has 0 spiro atoms. The Balaban J connectivity index is 2.82. The molecule has 24 heavy (non-hydrogen) atoms. The molecule has 0 unspecified atom stereocenters. The summed E-state index contributed by atoms with van der Waals surface area (Å²) >= 11 is 50.6. The van der Waals surface area contributed by atoms with Crippen molar-refractivity contribution >= 4 is 114 Å². The fraction of sp³-hybridized carbons (Fsp3) is 0.125. The molecule has 0 bridgehead atoms. The predicted octanol–water partition coefficient (Wildman–Crippen LogP) is 9.84. The highest BCUT2D eigenvalue weighted by Crippen LogP contribution is 2.52. The molecule has 3 aromatic carbocycles. The third-order valence-electron chi connectivity index (χ3n) is 4.03. The molecule has 0 aliphatic heterocycles. The fourth-order valence-electron chi connectivity index (χ4n) is 2.92. The summed E-state index contributed by atoms with van der Waals surface area (Å²) in [6.45, 7) is 3.67. The molecule has 3 rings (SSSR count). The molecular formula is C16H6Cl8. The van der Waals surface area contributed by atoms with Gasteiger partial charge in [-0.15, -0.1) is 0 Å². The van der Waals surface area contributed by atoms with Crippen LogP contribution in [0.1, 0.15) is 11.1 Å². The molecule has 0 N–H and O–H groups in total. The van der Waals surface area contributed by atoms with Gasteiger partial charge < -0.3 is 0 Å². The summed E-state index contributed by atoms with van der Waals surface area (Å²) in [4.78, 5) is 0. The van der Waals surface area contributed by atoms with Crippen molar-refractivity contribution in [1.82, 2.24) is 0 Å². The Labute approximate surface area is 178 Å². The SMILES string of the molecule is Cc1c2c(Cl)c(Cl)c(Cl)c(Cl)c2c(C)c2c(Cl)c(Cl)c(Cl)c(Cl)c12. The average Bonchev–Trinajstić information content (AvgIpc) is 2.55. The first kappa shape index (κ1) is 19.3. The second-order valence-corrected chi connectivity index (χ2v) is 8.29. The first-order valence-corrected chi connectivity index (χ1v) is 9.54. The van der Waals surface area contributed by atoms with Crippen molar-refractivity contribution in [2.24, 2.45) is 0 Å². The first-order chi connectivity index (χ1) is 11.1. The molecule has 0 nitrogen and oxygen atoms in total. The van der Waals surface area contributed by atoms with Crippen LogP contribution in [0.2, 0.25) is 40.2 Å². The van der Waals surface area contributed by atoms with Gasteiger partial charge in [0.1, 0.15) is 0 Å². The monoisotopic (exact) mass is 478 g/mol. The largest absolute Gasteiger partial charge is 0.0820 e. The van der Waals surface area contributed by atoms with Crippen LogP contribution in [0.4, 0.5) is 0 Å². The Kier molecular flexibility index (Phi) is 5.29. The Morgan fingerprint density at radius 2 is 0.500 bits per heavy atom. The highest BCUT2D eigenvalue weighted by molar-refractivity contribution is 6.58. The van der Waals surface area contributed by atoms with Gasteiger partial charge in [-0.2, -0.15) is 0 Å². The van der Waals surface area contributed by atoms with E-state index in [-0.39, 0.29) is 20.1 Å². The van der Waals surface area contributed by atoms with Gasteiger partial charge in [0.05, 0.1) is 40.2 Å². The topological polar surface area (TPSA) is 0 Å². The maximum absolute atomic E-state index is 6.43. The molecule has 0 aromatic heterocycles. The zero-order chi connectivity index (χ0) is 18.1. The number of aryl methyl sites for hydroxylation is 2. The van der Waals surface area contributed by atoms with Gasteiger partial charge in [0.25, 0.3) is 0 Å². The standard InChI is InChI=1S/C16H6Cl8/c1-3-5-7(11(19)15(23)13(21)9(5)17)4(2)8-6(3)10(18)14(22)16(24)12(8)20/h1-2H3. The van der Waals surface area contributed by atoms with E-state index in [9.17, 15) is 0 Å². The van der Waals surface area contributed by atoms with Gasteiger partial charge >= 0.3 is 0 Å². The number of fused-ring (bicyclic) bond motifs is 2. The molecule has 0 radical (unpaired) electrons. The van der Waals surface area contributed by atoms with Gasteiger partial charge in [-0.05, 0) is 25.0 Å². The van der Waals surface area contributed by atoms with Crippen LogP contribution in [0.25, 0.3) is 21.5 Å². The van der Waals surface area contributed by atoms with Gasteiger partial charge in [-0.25, -0.2) is 0 Å². The van der Waals surface area contributed by atoms with Crippen LogP contribution in [-0.4, -0.2) is 0 Å². The highest BCUT2D eigenvalue weighted by Gasteiger charge is 2.25. The summed E-state index contributed by atoms with van der Waals surface area (Å²) in [6.07, 6.45) is 0. The van der Waals surface area contributed by atoms with E-state index in [4.69, 9.17) is 92.8 Å². The minimum absolute atomic E-state index is 0.181. The number of rotatable bonds is 0. The molecule has 0 aliphatic carbocycles. The Morgan fingerprint density at radius 1 is 0.333 bits per heavy atom. The lowest BCUT2D eigenvalue weighted by molar-refractivity contribution is 1.52. The first-order valence-electron chi connectivity index (χ1n) is 6.51. The minimum Gasteiger partial charge on any atom is -0.0820 e. The molecule has 0 saturated carbocycles. The predicted molar refractivity (Wildman–Crippen MR) is 111 cm³/mol. The highest BCUT2D eigenvalue weighted by atomic mass is 35.5. The zero-order valence-electron chi connectivity index (χ0n) is 12.0. The van der Waals surface area contributed by atoms with Crippen molar-refractivity contribution < 1.29 is 0 Å². The summed E-state index contributed by atoms with van der Waals surface area (Å²) in [5, 5.41) is 4.50. The van der Waals surface area contributed by atoms with Crippen LogP contribution >= 0.6 is 92.8 Å². The van der Waals surface area contributed by atoms with Crippen molar-refractivity contribution in [3.8, 4) is 0 Å². The number of benzene rings is 3. The van der Waals surface area contributed by atoms with Gasteiger partial charge in [0.2, 0.25) is 0 Å². The van der Waals surface area contributed by atoms with Crippen LogP contribution in [-0.2, 0) is 0 Å². The summed E-state index contributed by atoms with van der Waals surface area (Å²) in [5.74, 6) is 0. The quantitative estimate of drug-likeness (QED) is 0.170. The fourth-order valence-corrected chi connectivity index (χ4v) is 5.19. The van der Waals surface area contributed by atoms with Crippen LogP contribution < -0.4 is 0 Å². The van der Waals surface area contributed by atoms with Crippen LogP contribution in [0.15, 0.2) is 0 Å². The van der Waals surface area contributed by atoms with Crippen molar-refractivity contribution in [3.05, 3.63) is 51.3 Å². The smallest absolute Gasteiger partial charge is 0.0800 e. The molecule has 0 amide bonds. The molecule has 126 valence electrons. The second-order valence-electron chi connectivity index (χ2n) is 5.26. The molecule has 0 saturated heterocycles. The van der Waals surface area contributed by atoms with Gasteiger partial charge in [0.15, 0.2) is 0 Å². The number of halogens is 8. The number of hydrogen-bond acceptors (Lipinski definition) is 0. The average molecular weight is 482 g/mol. The summed E-state index contributed by atoms with van der Waals surface area (Å²) in [7, 11) is 0. The lowest BCUT2D eigenvalue weighted by Gasteiger charge is -2.19. The molecule has 0 fully saturated rings. The normalized spacial score (nSPS) is 11.8. The summed E-state index contributed by atoms with van der Waals surface area (Å²) < 4.78 is 0. The van der Waals surface area contributed by atoms with E-state index >= 15 is 0 Å². The van der Waals surface area contributed by atoms with Gasteiger partial charge in [-0.3, -0.25) is 0 Å². The Morgan fingerprint density at radius 3 is 0.667 bits per heavy atom. The maximum Gasteiger partial charge on any atom is 0.0800 e. The Bertz CT molecular complexity index is 888. The van der Waals surface area contributed by atoms with E-state index in [0.29, 0.717) is 41.6 Å². The van der Waals surface area contributed by atoms with E-state index in [1.54, 1.807) is 0 Å². The van der Waals surface area contributed by atoms with Crippen molar-refractivity contribution in [3.63, 3.8) is 0 Å². The second kappa shape index (κ2) is 6.59. The third kappa shape index (κ3) is 2.50. The molecule has 3 aromatic rings. The van der Waals surface area contributed by atoms with Crippen molar-refractivity contribution in [1.29, 1.82) is 0 Å². The zero-order valence-corrected chi connectivity index (χ0v) is 18.1. The Hall–Kier alpha value is 0.500.